The number of hydrogen-bond donors (Lipinski definition) is 1. The highest BCUT2D eigenvalue weighted by molar-refractivity contribution is 5.32. The fourth-order valence-electron chi connectivity index (χ4n) is 2.89. The van der Waals surface area contributed by atoms with Crippen LogP contribution in [0.4, 0.5) is 0 Å². The molecular formula is C19H25NO. The van der Waals surface area contributed by atoms with Gasteiger partial charge in [0.15, 0.2) is 0 Å². The summed E-state index contributed by atoms with van der Waals surface area (Å²) in [7, 11) is 1.70. The van der Waals surface area contributed by atoms with Gasteiger partial charge in [0.25, 0.3) is 0 Å². The first kappa shape index (κ1) is 15.6. The van der Waals surface area contributed by atoms with Gasteiger partial charge >= 0.3 is 0 Å². The predicted octanol–water partition coefficient (Wildman–Crippen LogP) is 4.54. The van der Waals surface area contributed by atoms with Crippen molar-refractivity contribution >= 4 is 0 Å². The molecule has 2 unspecified atom stereocenters. The Balaban J connectivity index is 2.31. The van der Waals surface area contributed by atoms with Gasteiger partial charge in [-0.05, 0) is 36.2 Å². The van der Waals surface area contributed by atoms with E-state index in [4.69, 9.17) is 4.74 Å². The van der Waals surface area contributed by atoms with E-state index in [1.54, 1.807) is 7.11 Å². The van der Waals surface area contributed by atoms with E-state index in [2.05, 4.69) is 61.6 Å². The molecule has 0 heterocycles. The van der Waals surface area contributed by atoms with E-state index in [1.165, 1.54) is 11.1 Å². The summed E-state index contributed by atoms with van der Waals surface area (Å²) in [6.45, 7) is 5.37. The van der Waals surface area contributed by atoms with Gasteiger partial charge in [-0.1, -0.05) is 56.3 Å². The number of benzene rings is 2. The summed E-state index contributed by atoms with van der Waals surface area (Å²) in [5.41, 5.74) is 2.70. The second-order valence-electron chi connectivity index (χ2n) is 5.23. The molecule has 2 rings (SSSR count). The summed E-state index contributed by atoms with van der Waals surface area (Å²) in [5.74, 6) is 1.38. The molecule has 21 heavy (non-hydrogen) atoms. The third-order valence-corrected chi connectivity index (χ3v) is 3.97. The fraction of sp³-hybridized carbons (Fsp3) is 0.368. The van der Waals surface area contributed by atoms with E-state index in [9.17, 15) is 0 Å². The maximum Gasteiger partial charge on any atom is 0.118 e. The summed E-state index contributed by atoms with van der Waals surface area (Å²) in [5, 5.41) is 3.65. The first-order valence-electron chi connectivity index (χ1n) is 7.72. The fourth-order valence-corrected chi connectivity index (χ4v) is 2.89. The van der Waals surface area contributed by atoms with Crippen molar-refractivity contribution in [1.29, 1.82) is 0 Å². The minimum absolute atomic E-state index is 0.327. The molecule has 1 N–H and O–H groups in total. The van der Waals surface area contributed by atoms with Gasteiger partial charge < -0.3 is 10.1 Å². The van der Waals surface area contributed by atoms with Crippen LogP contribution >= 0.6 is 0 Å². The summed E-state index contributed by atoms with van der Waals surface area (Å²) < 4.78 is 5.26. The Labute approximate surface area is 128 Å². The molecule has 2 nitrogen and oxygen atoms in total. The van der Waals surface area contributed by atoms with E-state index < -0.39 is 0 Å². The number of rotatable bonds is 7. The molecule has 0 saturated carbocycles. The van der Waals surface area contributed by atoms with Gasteiger partial charge in [0.1, 0.15) is 5.75 Å². The number of methoxy groups -OCH3 is 1. The number of nitrogens with one attached hydrogen (secondary N) is 1. The number of likely N-dealkylation sites (N-methyl/N-ethyl adjacent to an activating group) is 1. The van der Waals surface area contributed by atoms with Crippen LogP contribution in [0.1, 0.15) is 43.4 Å². The molecule has 0 aromatic heterocycles. The van der Waals surface area contributed by atoms with Crippen LogP contribution < -0.4 is 10.1 Å². The zero-order chi connectivity index (χ0) is 15.1. The topological polar surface area (TPSA) is 21.3 Å². The molecule has 112 valence electrons. The van der Waals surface area contributed by atoms with Crippen LogP contribution in [0.15, 0.2) is 54.6 Å². The molecule has 0 spiro atoms. The molecular weight excluding hydrogens is 258 g/mol. The van der Waals surface area contributed by atoms with Gasteiger partial charge in [-0.2, -0.15) is 0 Å². The molecule has 2 aromatic carbocycles. The molecule has 0 aliphatic rings. The zero-order valence-electron chi connectivity index (χ0n) is 13.2. The van der Waals surface area contributed by atoms with Crippen molar-refractivity contribution < 1.29 is 4.74 Å². The molecule has 0 amide bonds. The van der Waals surface area contributed by atoms with Gasteiger partial charge in [-0.3, -0.25) is 0 Å². The van der Waals surface area contributed by atoms with Crippen LogP contribution in [0.2, 0.25) is 0 Å². The Morgan fingerprint density at radius 2 is 1.57 bits per heavy atom. The van der Waals surface area contributed by atoms with E-state index in [0.717, 1.165) is 18.7 Å². The van der Waals surface area contributed by atoms with Crippen molar-refractivity contribution in [1.82, 2.24) is 5.32 Å². The smallest absolute Gasteiger partial charge is 0.118 e. The minimum atomic E-state index is 0.327. The lowest BCUT2D eigenvalue weighted by Crippen LogP contribution is -2.26. The normalized spacial score (nSPS) is 13.7. The maximum absolute atomic E-state index is 5.26. The highest BCUT2D eigenvalue weighted by atomic mass is 16.5. The summed E-state index contributed by atoms with van der Waals surface area (Å²) in [6, 6.07) is 19.5. The Kier molecular flexibility index (Phi) is 5.82. The predicted molar refractivity (Wildman–Crippen MR) is 88.9 cm³/mol. The number of ether oxygens (including phenoxy) is 1. The first-order valence-corrected chi connectivity index (χ1v) is 7.72. The monoisotopic (exact) mass is 283 g/mol. The standard InChI is InChI=1S/C19H25NO/c1-4-18(15-9-7-6-8-10-15)19(20-5-2)16-11-13-17(21-3)14-12-16/h6-14,18-20H,4-5H2,1-3H3. The van der Waals surface area contributed by atoms with Crippen LogP contribution in [-0.2, 0) is 0 Å². The Morgan fingerprint density at radius 3 is 2.10 bits per heavy atom. The van der Waals surface area contributed by atoms with E-state index >= 15 is 0 Å². The molecule has 0 aliphatic carbocycles. The zero-order valence-corrected chi connectivity index (χ0v) is 13.2. The van der Waals surface area contributed by atoms with Crippen molar-refractivity contribution in [2.75, 3.05) is 13.7 Å². The minimum Gasteiger partial charge on any atom is -0.497 e. The highest BCUT2D eigenvalue weighted by Crippen LogP contribution is 2.34. The molecule has 0 fully saturated rings. The second kappa shape index (κ2) is 7.84. The molecule has 0 bridgehead atoms. The third kappa shape index (κ3) is 3.85. The van der Waals surface area contributed by atoms with Crippen molar-refractivity contribution in [2.45, 2.75) is 32.2 Å². The van der Waals surface area contributed by atoms with Gasteiger partial charge in [-0.15, -0.1) is 0 Å². The lowest BCUT2D eigenvalue weighted by atomic mass is 9.85. The summed E-state index contributed by atoms with van der Waals surface area (Å²) in [6.07, 6.45) is 1.10. The lowest BCUT2D eigenvalue weighted by Gasteiger charge is -2.28. The van der Waals surface area contributed by atoms with Crippen LogP contribution in [0.3, 0.4) is 0 Å². The van der Waals surface area contributed by atoms with Gasteiger partial charge in [-0.25, -0.2) is 0 Å². The van der Waals surface area contributed by atoms with Gasteiger partial charge in [0.05, 0.1) is 7.11 Å². The van der Waals surface area contributed by atoms with Crippen molar-refractivity contribution in [3.8, 4) is 5.75 Å². The number of hydrogen-bond acceptors (Lipinski definition) is 2. The molecule has 2 aromatic rings. The van der Waals surface area contributed by atoms with Crippen molar-refractivity contribution in [3.63, 3.8) is 0 Å². The highest BCUT2D eigenvalue weighted by Gasteiger charge is 2.22. The van der Waals surface area contributed by atoms with Crippen LogP contribution in [0, 0.1) is 0 Å². The van der Waals surface area contributed by atoms with Crippen LogP contribution in [0.25, 0.3) is 0 Å². The maximum atomic E-state index is 5.26. The lowest BCUT2D eigenvalue weighted by molar-refractivity contribution is 0.413. The summed E-state index contributed by atoms with van der Waals surface area (Å²) in [4.78, 5) is 0. The SMILES string of the molecule is CCNC(c1ccc(OC)cc1)C(CC)c1ccccc1. The Bertz CT molecular complexity index is 521. The molecule has 2 heteroatoms. The van der Waals surface area contributed by atoms with Gasteiger partial charge in [0, 0.05) is 12.0 Å². The van der Waals surface area contributed by atoms with Crippen LogP contribution in [-0.4, -0.2) is 13.7 Å². The third-order valence-electron chi connectivity index (χ3n) is 3.97. The average molecular weight is 283 g/mol. The molecule has 2 atom stereocenters. The van der Waals surface area contributed by atoms with Gasteiger partial charge in [0.2, 0.25) is 0 Å². The quantitative estimate of drug-likeness (QED) is 0.805. The van der Waals surface area contributed by atoms with E-state index in [0.29, 0.717) is 12.0 Å². The molecule has 0 saturated heterocycles. The Morgan fingerprint density at radius 1 is 0.905 bits per heavy atom. The Hall–Kier alpha value is -1.80. The van der Waals surface area contributed by atoms with E-state index in [-0.39, 0.29) is 0 Å². The largest absolute Gasteiger partial charge is 0.497 e. The first-order chi connectivity index (χ1) is 10.3. The van der Waals surface area contributed by atoms with Crippen molar-refractivity contribution in [2.24, 2.45) is 0 Å². The molecule has 0 aliphatic heterocycles. The van der Waals surface area contributed by atoms with Crippen LogP contribution in [0.5, 0.6) is 5.75 Å². The van der Waals surface area contributed by atoms with E-state index in [1.807, 2.05) is 12.1 Å². The average Bonchev–Trinajstić information content (AvgIpc) is 2.56. The van der Waals surface area contributed by atoms with Crippen molar-refractivity contribution in [3.05, 3.63) is 65.7 Å². The second-order valence-corrected chi connectivity index (χ2v) is 5.23. The summed E-state index contributed by atoms with van der Waals surface area (Å²) >= 11 is 0. The molecule has 0 radical (unpaired) electrons.